The molecule has 1 heterocycles. The lowest BCUT2D eigenvalue weighted by Crippen LogP contribution is -2.41. The van der Waals surface area contributed by atoms with Crippen LogP contribution in [0.5, 0.6) is 0 Å². The third-order valence-electron chi connectivity index (χ3n) is 3.06. The molecule has 6 heteroatoms. The van der Waals surface area contributed by atoms with Gasteiger partial charge in [-0.25, -0.2) is 4.98 Å². The second-order valence-electron chi connectivity index (χ2n) is 5.11. The van der Waals surface area contributed by atoms with E-state index in [2.05, 4.69) is 10.3 Å². The predicted molar refractivity (Wildman–Crippen MR) is 89.1 cm³/mol. The third-order valence-corrected chi connectivity index (χ3v) is 3.97. The zero-order valence-electron chi connectivity index (χ0n) is 12.1. The quantitative estimate of drug-likeness (QED) is 0.888. The van der Waals surface area contributed by atoms with Crippen LogP contribution in [0.15, 0.2) is 35.7 Å². The molecule has 21 heavy (non-hydrogen) atoms. The summed E-state index contributed by atoms with van der Waals surface area (Å²) >= 11 is 1.47. The number of nitrogens with two attached hydrogens (primary N) is 1. The minimum atomic E-state index is -0.435. The zero-order chi connectivity index (χ0) is 14.6. The molecule has 0 spiro atoms. The van der Waals surface area contributed by atoms with E-state index < -0.39 is 5.54 Å². The summed E-state index contributed by atoms with van der Waals surface area (Å²) in [7, 11) is 0. The molecule has 0 fully saturated rings. The van der Waals surface area contributed by atoms with Crippen LogP contribution in [0.2, 0.25) is 0 Å². The van der Waals surface area contributed by atoms with Crippen molar-refractivity contribution in [3.05, 3.63) is 52.0 Å². The van der Waals surface area contributed by atoms with Gasteiger partial charge in [0.25, 0.3) is 5.91 Å². The molecule has 0 atom stereocenters. The van der Waals surface area contributed by atoms with Crippen molar-refractivity contribution in [2.75, 3.05) is 6.54 Å². The van der Waals surface area contributed by atoms with Crippen LogP contribution in [0.1, 0.15) is 34.9 Å². The Morgan fingerprint density at radius 3 is 2.62 bits per heavy atom. The molecule has 0 bridgehead atoms. The molecule has 0 radical (unpaired) electrons. The second-order valence-corrected chi connectivity index (χ2v) is 6.05. The second kappa shape index (κ2) is 7.54. The molecule has 2 aromatic rings. The first-order chi connectivity index (χ1) is 9.53. The maximum absolute atomic E-state index is 12.3. The van der Waals surface area contributed by atoms with Crippen LogP contribution >= 0.6 is 23.7 Å². The van der Waals surface area contributed by atoms with Gasteiger partial charge in [0.15, 0.2) is 0 Å². The van der Waals surface area contributed by atoms with E-state index >= 15 is 0 Å². The fourth-order valence-corrected chi connectivity index (χ4v) is 2.72. The highest BCUT2D eigenvalue weighted by Gasteiger charge is 2.24. The van der Waals surface area contributed by atoms with Crippen molar-refractivity contribution >= 4 is 29.7 Å². The van der Waals surface area contributed by atoms with E-state index in [1.165, 1.54) is 11.3 Å². The lowest BCUT2D eigenvalue weighted by molar-refractivity contribution is 0.0907. The average molecular weight is 326 g/mol. The van der Waals surface area contributed by atoms with Gasteiger partial charge >= 0.3 is 0 Å². The molecule has 0 aliphatic rings. The van der Waals surface area contributed by atoms with Crippen LogP contribution < -0.4 is 11.1 Å². The first kappa shape index (κ1) is 17.6. The Labute approximate surface area is 135 Å². The summed E-state index contributed by atoms with van der Waals surface area (Å²) in [5.74, 6) is -0.154. The third kappa shape index (κ3) is 4.52. The van der Waals surface area contributed by atoms with Crippen LogP contribution in [0.4, 0.5) is 0 Å². The van der Waals surface area contributed by atoms with Gasteiger partial charge in [-0.3, -0.25) is 4.79 Å². The summed E-state index contributed by atoms with van der Waals surface area (Å²) in [5, 5.41) is 5.70. The Morgan fingerprint density at radius 2 is 2.00 bits per heavy atom. The number of thiazole rings is 1. The monoisotopic (exact) mass is 325 g/mol. The molecule has 3 N–H and O–H groups in total. The Kier molecular flexibility index (Phi) is 6.33. The largest absolute Gasteiger partial charge is 0.342 e. The highest BCUT2D eigenvalue weighted by molar-refractivity contribution is 7.09. The fraction of sp³-hybridized carbons (Fsp3) is 0.333. The molecule has 4 nitrogen and oxygen atoms in total. The number of carbonyl (C=O) groups excluding carboxylic acids is 1. The van der Waals surface area contributed by atoms with Crippen LogP contribution in [0.3, 0.4) is 0 Å². The Bertz CT molecular complexity index is 584. The topological polar surface area (TPSA) is 68.0 Å². The van der Waals surface area contributed by atoms with E-state index in [0.29, 0.717) is 18.7 Å². The van der Waals surface area contributed by atoms with Gasteiger partial charge in [0.1, 0.15) is 5.69 Å². The van der Waals surface area contributed by atoms with Crippen molar-refractivity contribution < 1.29 is 4.79 Å². The van der Waals surface area contributed by atoms with Crippen molar-refractivity contribution in [1.82, 2.24) is 10.3 Å². The maximum atomic E-state index is 12.3. The number of nitrogens with zero attached hydrogens (tertiary/aromatic N) is 1. The number of carbonyl (C=O) groups is 1. The number of rotatable bonds is 5. The van der Waals surface area contributed by atoms with Crippen LogP contribution in [0.25, 0.3) is 0 Å². The van der Waals surface area contributed by atoms with Crippen molar-refractivity contribution in [3.8, 4) is 0 Å². The molecule has 1 amide bonds. The van der Waals surface area contributed by atoms with E-state index in [-0.39, 0.29) is 18.3 Å². The smallest absolute Gasteiger partial charge is 0.271 e. The number of aromatic nitrogens is 1. The first-order valence-electron chi connectivity index (χ1n) is 6.55. The molecule has 1 aromatic carbocycles. The van der Waals surface area contributed by atoms with Gasteiger partial charge in [-0.2, -0.15) is 0 Å². The fourth-order valence-electron chi connectivity index (χ4n) is 1.93. The molecule has 2 rings (SSSR count). The van der Waals surface area contributed by atoms with Gasteiger partial charge in [0, 0.05) is 11.8 Å². The van der Waals surface area contributed by atoms with Gasteiger partial charge in [-0.05, 0) is 26.0 Å². The molecule has 0 saturated carbocycles. The number of hydrogen-bond donors (Lipinski definition) is 2. The van der Waals surface area contributed by atoms with Crippen molar-refractivity contribution in [3.63, 3.8) is 0 Å². The van der Waals surface area contributed by atoms with Crippen LogP contribution in [0, 0.1) is 0 Å². The summed E-state index contributed by atoms with van der Waals surface area (Å²) in [6.45, 7) is 4.50. The van der Waals surface area contributed by atoms with E-state index in [1.54, 1.807) is 5.38 Å². The summed E-state index contributed by atoms with van der Waals surface area (Å²) in [4.78, 5) is 16.6. The van der Waals surface area contributed by atoms with E-state index in [1.807, 2.05) is 44.2 Å². The van der Waals surface area contributed by atoms with Gasteiger partial charge in [0.05, 0.1) is 10.5 Å². The standard InChI is InChI=1S/C15H19N3OS.ClH/c1-15(2,11-6-4-3-5-7-11)18-14(19)12-10-20-13(17-12)8-9-16;/h3-7,10H,8-9,16H2,1-2H3,(H,18,19);1H. The zero-order valence-corrected chi connectivity index (χ0v) is 13.8. The Morgan fingerprint density at radius 1 is 1.33 bits per heavy atom. The number of benzene rings is 1. The molecular formula is C15H20ClN3OS. The lowest BCUT2D eigenvalue weighted by atomic mass is 9.94. The minimum Gasteiger partial charge on any atom is -0.342 e. The SMILES string of the molecule is CC(C)(NC(=O)c1csc(CCN)n1)c1ccccc1.Cl. The normalized spacial score (nSPS) is 10.8. The highest BCUT2D eigenvalue weighted by atomic mass is 35.5. The maximum Gasteiger partial charge on any atom is 0.271 e. The van der Waals surface area contributed by atoms with Crippen LogP contribution in [-0.4, -0.2) is 17.4 Å². The molecule has 114 valence electrons. The molecule has 1 aromatic heterocycles. The molecule has 0 aliphatic heterocycles. The summed E-state index contributed by atoms with van der Waals surface area (Å²) < 4.78 is 0. The van der Waals surface area contributed by atoms with Gasteiger partial charge in [-0.15, -0.1) is 23.7 Å². The number of nitrogens with one attached hydrogen (secondary N) is 1. The van der Waals surface area contributed by atoms with Crippen molar-refractivity contribution in [2.24, 2.45) is 5.73 Å². The Balaban J connectivity index is 0.00000220. The highest BCUT2D eigenvalue weighted by Crippen LogP contribution is 2.20. The molecule has 0 saturated heterocycles. The number of hydrogen-bond acceptors (Lipinski definition) is 4. The van der Waals surface area contributed by atoms with Gasteiger partial charge in [-0.1, -0.05) is 30.3 Å². The number of halogens is 1. The van der Waals surface area contributed by atoms with Crippen LogP contribution in [-0.2, 0) is 12.0 Å². The first-order valence-corrected chi connectivity index (χ1v) is 7.43. The van der Waals surface area contributed by atoms with Gasteiger partial charge in [0.2, 0.25) is 0 Å². The predicted octanol–water partition coefficient (Wildman–Crippen LogP) is 2.73. The minimum absolute atomic E-state index is 0. The summed E-state index contributed by atoms with van der Waals surface area (Å²) in [6, 6.07) is 9.89. The molecule has 0 aliphatic carbocycles. The lowest BCUT2D eigenvalue weighted by Gasteiger charge is -2.26. The molecule has 0 unspecified atom stereocenters. The van der Waals surface area contributed by atoms with Crippen molar-refractivity contribution in [2.45, 2.75) is 25.8 Å². The Hall–Kier alpha value is -1.43. The summed E-state index contributed by atoms with van der Waals surface area (Å²) in [5.41, 5.74) is 6.58. The van der Waals surface area contributed by atoms with E-state index in [0.717, 1.165) is 10.6 Å². The van der Waals surface area contributed by atoms with E-state index in [9.17, 15) is 4.79 Å². The summed E-state index contributed by atoms with van der Waals surface area (Å²) in [6.07, 6.45) is 0.708. The van der Waals surface area contributed by atoms with Gasteiger partial charge < -0.3 is 11.1 Å². The molecular weight excluding hydrogens is 306 g/mol. The average Bonchev–Trinajstić information content (AvgIpc) is 2.88. The van der Waals surface area contributed by atoms with Crippen molar-refractivity contribution in [1.29, 1.82) is 0 Å². The van der Waals surface area contributed by atoms with E-state index in [4.69, 9.17) is 5.73 Å². The number of amides is 1.